The molecule has 2 bridgehead atoms. The van der Waals surface area contributed by atoms with Crippen molar-refractivity contribution in [3.05, 3.63) is 35.9 Å². The first kappa shape index (κ1) is 25.6. The number of nitrogens with one attached hydrogen (secondary N) is 2. The van der Waals surface area contributed by atoms with Crippen LogP contribution in [0, 0.1) is 17.8 Å². The summed E-state index contributed by atoms with van der Waals surface area (Å²) >= 11 is 0. The molecule has 3 aliphatic rings. The van der Waals surface area contributed by atoms with E-state index >= 15 is 0 Å². The Morgan fingerprint density at radius 2 is 1.89 bits per heavy atom. The van der Waals surface area contributed by atoms with Crippen molar-refractivity contribution in [1.29, 1.82) is 0 Å². The van der Waals surface area contributed by atoms with E-state index in [1.165, 1.54) is 0 Å². The highest BCUT2D eigenvalue weighted by Crippen LogP contribution is 2.65. The van der Waals surface area contributed by atoms with Crippen LogP contribution in [0.15, 0.2) is 30.3 Å². The van der Waals surface area contributed by atoms with Gasteiger partial charge in [0.15, 0.2) is 0 Å². The van der Waals surface area contributed by atoms with Gasteiger partial charge < -0.3 is 25.4 Å². The molecule has 0 aromatic heterocycles. The van der Waals surface area contributed by atoms with Gasteiger partial charge in [-0.1, -0.05) is 37.3 Å². The zero-order valence-corrected chi connectivity index (χ0v) is 21.3. The number of aliphatic hydroxyl groups excluding tert-OH is 1. The number of unbranched alkanes of at least 4 members (excludes halogenated alkanes) is 2. The van der Waals surface area contributed by atoms with Gasteiger partial charge in [-0.2, -0.15) is 0 Å². The van der Waals surface area contributed by atoms with E-state index in [9.17, 15) is 14.4 Å². The Hall–Kier alpha value is -2.45. The van der Waals surface area contributed by atoms with Gasteiger partial charge in [-0.05, 0) is 57.9 Å². The molecule has 0 aliphatic carbocycles. The molecule has 3 aliphatic heterocycles. The van der Waals surface area contributed by atoms with Crippen LogP contribution >= 0.6 is 0 Å². The third-order valence-corrected chi connectivity index (χ3v) is 8.14. The van der Waals surface area contributed by atoms with Crippen molar-refractivity contribution in [3.8, 4) is 0 Å². The molecule has 35 heavy (non-hydrogen) atoms. The summed E-state index contributed by atoms with van der Waals surface area (Å²) in [7, 11) is 0. The highest BCUT2D eigenvalue weighted by Gasteiger charge is 2.79. The number of nitrogens with zero attached hydrogens (tertiary/aromatic N) is 1. The number of aliphatic hydroxyl groups is 1. The first-order valence-corrected chi connectivity index (χ1v) is 12.9. The number of likely N-dealkylation sites (tertiary alicyclic amines) is 1. The maximum atomic E-state index is 13.9. The number of carbonyl (C=O) groups excluding carboxylic acids is 3. The van der Waals surface area contributed by atoms with Crippen molar-refractivity contribution in [1.82, 2.24) is 15.5 Å². The van der Waals surface area contributed by atoms with Crippen molar-refractivity contribution in [2.45, 2.75) is 83.2 Å². The summed E-state index contributed by atoms with van der Waals surface area (Å²) in [6.07, 6.45) is 2.64. The second-order valence-electron chi connectivity index (χ2n) is 10.9. The molecule has 3 unspecified atom stereocenters. The second-order valence-corrected chi connectivity index (χ2v) is 10.9. The van der Waals surface area contributed by atoms with E-state index in [0.717, 1.165) is 12.0 Å². The lowest BCUT2D eigenvalue weighted by atomic mass is 9.62. The fourth-order valence-electron chi connectivity index (χ4n) is 6.51. The van der Waals surface area contributed by atoms with E-state index in [4.69, 9.17) is 9.84 Å². The lowest BCUT2D eigenvalue weighted by Crippen LogP contribution is -2.56. The predicted molar refractivity (Wildman–Crippen MR) is 131 cm³/mol. The second kappa shape index (κ2) is 9.90. The Labute approximate surface area is 207 Å². The van der Waals surface area contributed by atoms with Gasteiger partial charge in [-0.3, -0.25) is 14.4 Å². The van der Waals surface area contributed by atoms with Crippen LogP contribution in [0.3, 0.4) is 0 Å². The number of carbonyl (C=O) groups is 3. The molecular formula is C27H39N3O5. The van der Waals surface area contributed by atoms with Crippen LogP contribution in [0.2, 0.25) is 0 Å². The van der Waals surface area contributed by atoms with Crippen LogP contribution in [0.25, 0.3) is 0 Å². The number of fused-ring (bicyclic) bond motifs is 1. The van der Waals surface area contributed by atoms with Crippen molar-refractivity contribution in [2.75, 3.05) is 13.2 Å². The maximum Gasteiger partial charge on any atom is 0.246 e. The van der Waals surface area contributed by atoms with E-state index < -0.39 is 29.1 Å². The molecule has 0 radical (unpaired) electrons. The quantitative estimate of drug-likeness (QED) is 0.440. The summed E-state index contributed by atoms with van der Waals surface area (Å²) in [5.41, 5.74) is -0.855. The minimum absolute atomic E-state index is 0.0164. The van der Waals surface area contributed by atoms with Crippen LogP contribution < -0.4 is 10.6 Å². The van der Waals surface area contributed by atoms with Crippen LogP contribution in [0.5, 0.6) is 0 Å². The molecule has 8 heteroatoms. The highest BCUT2D eigenvalue weighted by atomic mass is 16.5. The number of rotatable bonds is 10. The third-order valence-electron chi connectivity index (χ3n) is 8.14. The van der Waals surface area contributed by atoms with Crippen LogP contribution in [-0.2, 0) is 25.7 Å². The molecule has 1 aromatic carbocycles. The van der Waals surface area contributed by atoms with Crippen LogP contribution in [0.4, 0.5) is 0 Å². The summed E-state index contributed by atoms with van der Waals surface area (Å²) in [5, 5.41) is 15.2. The molecule has 3 heterocycles. The van der Waals surface area contributed by atoms with Crippen molar-refractivity contribution < 1.29 is 24.2 Å². The van der Waals surface area contributed by atoms with Crippen LogP contribution in [-0.4, -0.2) is 64.2 Å². The highest BCUT2D eigenvalue weighted by molar-refractivity contribution is 5.99. The molecule has 8 nitrogen and oxygen atoms in total. The zero-order chi connectivity index (χ0) is 25.4. The van der Waals surface area contributed by atoms with Gasteiger partial charge in [0.2, 0.25) is 17.7 Å². The largest absolute Gasteiger partial charge is 0.396 e. The molecule has 1 aromatic rings. The first-order chi connectivity index (χ1) is 16.7. The summed E-state index contributed by atoms with van der Waals surface area (Å²) in [4.78, 5) is 42.7. The lowest BCUT2D eigenvalue weighted by molar-refractivity contribution is -0.147. The number of hydrogen-bond donors (Lipinski definition) is 3. The topological polar surface area (TPSA) is 108 Å². The summed E-state index contributed by atoms with van der Waals surface area (Å²) in [6, 6.07) is 8.82. The average molecular weight is 486 g/mol. The lowest BCUT2D eigenvalue weighted by Gasteiger charge is -2.36. The molecule has 0 saturated carbocycles. The molecule has 6 atom stereocenters. The summed E-state index contributed by atoms with van der Waals surface area (Å²) in [6.45, 7) is 8.64. The number of ether oxygens (including phenoxy) is 1. The molecule has 4 rings (SSSR count). The van der Waals surface area contributed by atoms with Crippen LogP contribution in [0.1, 0.15) is 58.9 Å². The normalized spacial score (nSPS) is 33.3. The van der Waals surface area contributed by atoms with E-state index in [2.05, 4.69) is 10.6 Å². The van der Waals surface area contributed by atoms with Gasteiger partial charge in [0.25, 0.3) is 0 Å². The van der Waals surface area contributed by atoms with E-state index in [-0.39, 0.29) is 36.3 Å². The first-order valence-electron chi connectivity index (χ1n) is 12.9. The smallest absolute Gasteiger partial charge is 0.246 e. The van der Waals surface area contributed by atoms with Gasteiger partial charge in [-0.15, -0.1) is 0 Å². The van der Waals surface area contributed by atoms with E-state index in [0.29, 0.717) is 32.4 Å². The Morgan fingerprint density at radius 1 is 1.17 bits per heavy atom. The fraction of sp³-hybridized carbons (Fsp3) is 0.667. The molecule has 3 fully saturated rings. The van der Waals surface area contributed by atoms with E-state index in [1.807, 2.05) is 58.0 Å². The molecule has 3 amide bonds. The van der Waals surface area contributed by atoms with Gasteiger partial charge in [0, 0.05) is 25.7 Å². The van der Waals surface area contributed by atoms with Gasteiger partial charge in [0.1, 0.15) is 11.6 Å². The molecular weight excluding hydrogens is 446 g/mol. The monoisotopic (exact) mass is 485 g/mol. The third kappa shape index (κ3) is 4.35. The molecule has 3 N–H and O–H groups in total. The molecule has 1 spiro atoms. The van der Waals surface area contributed by atoms with Crippen molar-refractivity contribution >= 4 is 17.7 Å². The Kier molecular flexibility index (Phi) is 7.25. The summed E-state index contributed by atoms with van der Waals surface area (Å²) < 4.78 is 6.69. The van der Waals surface area contributed by atoms with Crippen molar-refractivity contribution in [2.24, 2.45) is 17.8 Å². The van der Waals surface area contributed by atoms with E-state index in [1.54, 1.807) is 4.90 Å². The minimum atomic E-state index is -1.02. The average Bonchev–Trinajstić information content (AvgIpc) is 3.32. The van der Waals surface area contributed by atoms with Gasteiger partial charge >= 0.3 is 0 Å². The maximum absolute atomic E-state index is 13.9. The Bertz CT molecular complexity index is 953. The fourth-order valence-corrected chi connectivity index (χ4v) is 6.51. The van der Waals surface area contributed by atoms with Gasteiger partial charge in [0.05, 0.1) is 17.4 Å². The molecule has 192 valence electrons. The Morgan fingerprint density at radius 3 is 2.54 bits per heavy atom. The number of hydrogen-bond acceptors (Lipinski definition) is 5. The number of benzene rings is 1. The number of amides is 3. The SMILES string of the molecule is CC(C)NC(=O)C1N(CCCCCO)C(=O)[C@@H]2[C@H](C(=O)NCc3ccccc3)[C@@]3(C)OC12CC3C. The standard InChI is InChI=1S/C27H39N3O5/c1-17(2)29-24(33)22-27-15-18(3)26(4,35-27)20(23(32)28-16-19-11-7-5-8-12-19)21(27)25(34)30(22)13-9-6-10-14-31/h5,7-8,11-12,17-18,20-22,31H,6,9-10,13-16H2,1-4H3,(H,28,32)(H,29,33)/t18?,20-,21+,22?,26+,27?/m1/s1. The summed E-state index contributed by atoms with van der Waals surface area (Å²) in [5.74, 6) is -1.94. The minimum Gasteiger partial charge on any atom is -0.396 e. The predicted octanol–water partition coefficient (Wildman–Crippen LogP) is 2.00. The Balaban J connectivity index is 1.64. The zero-order valence-electron chi connectivity index (χ0n) is 21.3. The van der Waals surface area contributed by atoms with Crippen molar-refractivity contribution in [3.63, 3.8) is 0 Å². The van der Waals surface area contributed by atoms with Gasteiger partial charge in [-0.25, -0.2) is 0 Å². The molecule has 3 saturated heterocycles.